The highest BCUT2D eigenvalue weighted by atomic mass is 35.5. The number of halogens is 2. The van der Waals surface area contributed by atoms with Crippen LogP contribution in [0.15, 0.2) is 24.5 Å². The number of aryl methyl sites for hydroxylation is 3. The van der Waals surface area contributed by atoms with Gasteiger partial charge in [-0.3, -0.25) is 9.55 Å². The molecule has 0 saturated carbocycles. The number of hydrogen-bond donors (Lipinski definition) is 1. The van der Waals surface area contributed by atoms with E-state index >= 15 is 0 Å². The lowest BCUT2D eigenvalue weighted by molar-refractivity contribution is 0.194. The summed E-state index contributed by atoms with van der Waals surface area (Å²) in [5, 5.41) is 18.8. The van der Waals surface area contributed by atoms with Crippen molar-refractivity contribution in [2.75, 3.05) is 0 Å². The smallest absolute Gasteiger partial charge is 0.147 e. The van der Waals surface area contributed by atoms with Crippen LogP contribution in [0.25, 0.3) is 16.8 Å². The molecule has 3 heterocycles. The number of aliphatic hydroxyl groups is 1. The van der Waals surface area contributed by atoms with Crippen LogP contribution >= 0.6 is 11.6 Å². The van der Waals surface area contributed by atoms with Crippen molar-refractivity contribution in [1.29, 1.82) is 0 Å². The molecule has 0 aliphatic carbocycles. The summed E-state index contributed by atoms with van der Waals surface area (Å²) in [4.78, 5) is 3.93. The van der Waals surface area contributed by atoms with Gasteiger partial charge in [-0.2, -0.15) is 0 Å². The van der Waals surface area contributed by atoms with E-state index in [9.17, 15) is 9.50 Å². The average molecular weight is 359 g/mol. The molecule has 128 valence electrons. The minimum atomic E-state index is -0.945. The van der Waals surface area contributed by atoms with E-state index in [2.05, 4.69) is 15.2 Å². The van der Waals surface area contributed by atoms with Gasteiger partial charge in [0.1, 0.15) is 17.5 Å². The van der Waals surface area contributed by atoms with Gasteiger partial charge in [-0.05, 0) is 43.5 Å². The highest BCUT2D eigenvalue weighted by Gasteiger charge is 2.24. The summed E-state index contributed by atoms with van der Waals surface area (Å²) in [5.74, 6) is 1.14. The van der Waals surface area contributed by atoms with E-state index in [4.69, 9.17) is 11.6 Å². The predicted octanol–water partition coefficient (Wildman–Crippen LogP) is 3.58. The summed E-state index contributed by atoms with van der Waals surface area (Å²) < 4.78 is 16.1. The van der Waals surface area contributed by atoms with Gasteiger partial charge >= 0.3 is 0 Å². The summed E-state index contributed by atoms with van der Waals surface area (Å²) in [5.41, 5.74) is 3.42. The Labute approximate surface area is 149 Å². The maximum Gasteiger partial charge on any atom is 0.147 e. The minimum absolute atomic E-state index is 0.225. The average Bonchev–Trinajstić information content (AvgIpc) is 2.95. The van der Waals surface area contributed by atoms with Gasteiger partial charge in [0.25, 0.3) is 0 Å². The molecule has 2 aromatic heterocycles. The highest BCUT2D eigenvalue weighted by molar-refractivity contribution is 6.33. The predicted molar refractivity (Wildman–Crippen MR) is 92.3 cm³/mol. The maximum absolute atomic E-state index is 14.2. The lowest BCUT2D eigenvalue weighted by atomic mass is 9.94. The van der Waals surface area contributed by atoms with Gasteiger partial charge in [0.15, 0.2) is 0 Å². The van der Waals surface area contributed by atoms with Gasteiger partial charge < -0.3 is 5.11 Å². The van der Waals surface area contributed by atoms with Gasteiger partial charge in [0.05, 0.1) is 23.0 Å². The Bertz CT molecular complexity index is 983. The normalized spacial score (nSPS) is 14.1. The molecule has 25 heavy (non-hydrogen) atoms. The second-order valence-electron chi connectivity index (χ2n) is 6.22. The van der Waals surface area contributed by atoms with Gasteiger partial charge in [0.2, 0.25) is 0 Å². The fourth-order valence-electron chi connectivity index (χ4n) is 3.46. The lowest BCUT2D eigenvalue weighted by Gasteiger charge is -2.22. The molecule has 0 amide bonds. The Hall–Kier alpha value is -2.31. The van der Waals surface area contributed by atoms with Crippen molar-refractivity contribution in [3.63, 3.8) is 0 Å². The third kappa shape index (κ3) is 2.53. The highest BCUT2D eigenvalue weighted by Crippen LogP contribution is 2.38. The molecule has 0 saturated heterocycles. The number of rotatable bonds is 2. The summed E-state index contributed by atoms with van der Waals surface area (Å²) in [6.07, 6.45) is 3.26. The molecule has 1 unspecified atom stereocenters. The SMILES string of the molecule is Cc1nnc2n1-c1c(Cl)cc(-c3cncc(F)c3C(C)O)cc1CC2. The number of aliphatic hydroxyl groups excluding tert-OH is 1. The Morgan fingerprint density at radius 3 is 2.80 bits per heavy atom. The van der Waals surface area contributed by atoms with Gasteiger partial charge in [-0.15, -0.1) is 10.2 Å². The van der Waals surface area contributed by atoms with E-state index in [1.807, 2.05) is 17.6 Å². The fourth-order valence-corrected chi connectivity index (χ4v) is 3.78. The number of hydrogen-bond acceptors (Lipinski definition) is 4. The van der Waals surface area contributed by atoms with Crippen molar-refractivity contribution in [2.45, 2.75) is 32.8 Å². The first-order chi connectivity index (χ1) is 12.0. The molecule has 0 bridgehead atoms. The van der Waals surface area contributed by atoms with Crippen LogP contribution < -0.4 is 0 Å². The van der Waals surface area contributed by atoms with Crippen LogP contribution in [0.5, 0.6) is 0 Å². The third-order valence-corrected chi connectivity index (χ3v) is 4.83. The number of benzene rings is 1. The summed E-state index contributed by atoms with van der Waals surface area (Å²) >= 11 is 6.57. The standard InChI is InChI=1S/C18H16ClFN4O/c1-9(25)17-13(7-21-8-15(17)20)12-5-11-3-4-16-23-22-10(2)24(16)18(11)14(19)6-12/h5-9,25H,3-4H2,1-2H3. The van der Waals surface area contributed by atoms with Crippen molar-refractivity contribution in [3.05, 3.63) is 58.1 Å². The fraction of sp³-hybridized carbons (Fsp3) is 0.278. The molecule has 1 aliphatic rings. The Balaban J connectivity index is 1.93. The van der Waals surface area contributed by atoms with Crippen LogP contribution in [0.3, 0.4) is 0 Å². The van der Waals surface area contributed by atoms with Crippen LogP contribution in [-0.2, 0) is 12.8 Å². The third-order valence-electron chi connectivity index (χ3n) is 4.54. The van der Waals surface area contributed by atoms with E-state index < -0.39 is 11.9 Å². The van der Waals surface area contributed by atoms with Crippen molar-refractivity contribution < 1.29 is 9.50 Å². The van der Waals surface area contributed by atoms with Crippen LogP contribution in [0.1, 0.15) is 35.8 Å². The molecule has 0 fully saturated rings. The molecule has 1 aliphatic heterocycles. The van der Waals surface area contributed by atoms with Crippen LogP contribution in [0.4, 0.5) is 4.39 Å². The number of pyridine rings is 1. The zero-order valence-corrected chi connectivity index (χ0v) is 14.5. The molecule has 1 N–H and O–H groups in total. The zero-order chi connectivity index (χ0) is 17.7. The molecule has 1 atom stereocenters. The molecule has 0 spiro atoms. The quantitative estimate of drug-likeness (QED) is 0.760. The molecule has 0 radical (unpaired) electrons. The summed E-state index contributed by atoms with van der Waals surface area (Å²) in [6.45, 7) is 3.42. The van der Waals surface area contributed by atoms with Crippen molar-refractivity contribution in [2.24, 2.45) is 0 Å². The number of fused-ring (bicyclic) bond motifs is 3. The zero-order valence-electron chi connectivity index (χ0n) is 13.8. The van der Waals surface area contributed by atoms with Gasteiger partial charge in [-0.1, -0.05) is 11.6 Å². The van der Waals surface area contributed by atoms with Crippen LogP contribution in [0, 0.1) is 12.7 Å². The van der Waals surface area contributed by atoms with Gasteiger partial charge in [0, 0.05) is 23.7 Å². The van der Waals surface area contributed by atoms with Gasteiger partial charge in [-0.25, -0.2) is 4.39 Å². The molecule has 1 aromatic carbocycles. The van der Waals surface area contributed by atoms with E-state index in [1.165, 1.54) is 6.92 Å². The van der Waals surface area contributed by atoms with Crippen LogP contribution in [-0.4, -0.2) is 24.9 Å². The second-order valence-corrected chi connectivity index (χ2v) is 6.63. The maximum atomic E-state index is 14.2. The van der Waals surface area contributed by atoms with E-state index in [-0.39, 0.29) is 5.56 Å². The first-order valence-corrected chi connectivity index (χ1v) is 8.40. The molecule has 3 aromatic rings. The van der Waals surface area contributed by atoms with Crippen LogP contribution in [0.2, 0.25) is 5.02 Å². The van der Waals surface area contributed by atoms with E-state index in [1.54, 1.807) is 12.3 Å². The van der Waals surface area contributed by atoms with E-state index in [0.29, 0.717) is 10.6 Å². The second kappa shape index (κ2) is 5.89. The Kier molecular flexibility index (Phi) is 3.81. The first-order valence-electron chi connectivity index (χ1n) is 8.03. The first kappa shape index (κ1) is 16.2. The van der Waals surface area contributed by atoms with Crippen molar-refractivity contribution >= 4 is 11.6 Å². The van der Waals surface area contributed by atoms with Crippen molar-refractivity contribution in [3.8, 4) is 16.8 Å². The van der Waals surface area contributed by atoms with E-state index in [0.717, 1.165) is 47.5 Å². The molecule has 7 heteroatoms. The summed E-state index contributed by atoms with van der Waals surface area (Å²) in [7, 11) is 0. The minimum Gasteiger partial charge on any atom is -0.389 e. The lowest BCUT2D eigenvalue weighted by Crippen LogP contribution is -2.14. The molecular weight excluding hydrogens is 343 g/mol. The molecular formula is C18H16ClFN4O. The molecule has 4 rings (SSSR count). The monoisotopic (exact) mass is 358 g/mol. The molecule has 5 nitrogen and oxygen atoms in total. The number of nitrogens with zero attached hydrogens (tertiary/aromatic N) is 4. The largest absolute Gasteiger partial charge is 0.389 e. The topological polar surface area (TPSA) is 63.8 Å². The summed E-state index contributed by atoms with van der Waals surface area (Å²) in [6, 6.07) is 3.75. The number of aromatic nitrogens is 4. The Morgan fingerprint density at radius 1 is 1.24 bits per heavy atom. The van der Waals surface area contributed by atoms with Crippen molar-refractivity contribution in [1.82, 2.24) is 19.7 Å². The Morgan fingerprint density at radius 2 is 2.04 bits per heavy atom.